The van der Waals surface area contributed by atoms with Gasteiger partial charge in [0.2, 0.25) is 0 Å². The molecule has 0 bridgehead atoms. The first-order chi connectivity index (χ1) is 23.1. The Bertz CT molecular complexity index is 2420. The van der Waals surface area contributed by atoms with Crippen LogP contribution in [0.1, 0.15) is 24.3 Å². The second-order valence-electron chi connectivity index (χ2n) is 11.0. The fourth-order valence-electron chi connectivity index (χ4n) is 5.33. The van der Waals surface area contributed by atoms with Gasteiger partial charge in [-0.1, -0.05) is 41.7 Å². The number of furan rings is 1. The number of nitro groups is 1. The average Bonchev–Trinajstić information content (AvgIpc) is 3.77. The zero-order chi connectivity index (χ0) is 33.5. The number of carbonyl (C=O) groups excluding carboxylic acids is 1. The van der Waals surface area contributed by atoms with Crippen molar-refractivity contribution in [2.45, 2.75) is 22.4 Å². The van der Waals surface area contributed by atoms with Gasteiger partial charge in [0.15, 0.2) is 14.2 Å². The number of rotatable bonds is 8. The molecule has 0 fully saturated rings. The summed E-state index contributed by atoms with van der Waals surface area (Å²) in [6.07, 6.45) is 1.67. The molecule has 240 valence electrons. The molecule has 3 aromatic carbocycles. The molecular weight excluding hydrogens is 669 g/mol. The van der Waals surface area contributed by atoms with Crippen molar-refractivity contribution in [2.24, 2.45) is 4.99 Å². The van der Waals surface area contributed by atoms with E-state index in [2.05, 4.69) is 10.3 Å². The van der Waals surface area contributed by atoms with Crippen LogP contribution in [0.5, 0.6) is 0 Å². The third kappa shape index (κ3) is 6.08. The topological polar surface area (TPSA) is 136 Å². The largest absolute Gasteiger partial charge is 0.450 e. The first-order valence-corrected chi connectivity index (χ1v) is 17.1. The minimum Gasteiger partial charge on any atom is -0.450 e. The standard InChI is InChI=1S/C34H26N6O5S3/c1-19-29(31(41)36-21-7-5-4-6-8-21)30(20-9-11-22(12-10-20)38(2)3)39-32(42)27(46-33(39)35-19)18-24-14-16-28(45-24)48-34-37-25-15-13-23(40(43)44)17-26(25)47-34/h4-18,30H,1-3H3,(H,36,41)/b27-18-/t30-/m0/s1. The van der Waals surface area contributed by atoms with Crippen molar-refractivity contribution >= 4 is 73.7 Å². The zero-order valence-corrected chi connectivity index (χ0v) is 28.2. The van der Waals surface area contributed by atoms with Gasteiger partial charge in [0.1, 0.15) is 5.76 Å². The van der Waals surface area contributed by atoms with E-state index < -0.39 is 11.0 Å². The van der Waals surface area contributed by atoms with E-state index in [1.165, 1.54) is 46.6 Å². The summed E-state index contributed by atoms with van der Waals surface area (Å²) >= 11 is 3.85. The molecular formula is C34H26N6O5S3. The van der Waals surface area contributed by atoms with Gasteiger partial charge >= 0.3 is 0 Å². The van der Waals surface area contributed by atoms with Crippen LogP contribution in [0.3, 0.4) is 0 Å². The van der Waals surface area contributed by atoms with E-state index in [9.17, 15) is 19.7 Å². The highest BCUT2D eigenvalue weighted by Gasteiger charge is 2.32. The third-order valence-electron chi connectivity index (χ3n) is 7.65. The maximum atomic E-state index is 14.1. The lowest BCUT2D eigenvalue weighted by molar-refractivity contribution is -0.384. The number of nitrogens with one attached hydrogen (secondary N) is 1. The first-order valence-electron chi connectivity index (χ1n) is 14.6. The van der Waals surface area contributed by atoms with E-state index in [1.54, 1.807) is 35.8 Å². The molecule has 1 aliphatic rings. The Kier molecular flexibility index (Phi) is 8.29. The van der Waals surface area contributed by atoms with E-state index in [1.807, 2.05) is 73.6 Å². The van der Waals surface area contributed by atoms with Crippen molar-refractivity contribution in [1.29, 1.82) is 0 Å². The van der Waals surface area contributed by atoms with Crippen LogP contribution in [0.15, 0.2) is 120 Å². The number of non-ortho nitro benzene ring substituents is 1. The number of nitro benzene ring substituents is 1. The lowest BCUT2D eigenvalue weighted by Gasteiger charge is -2.26. The van der Waals surface area contributed by atoms with E-state index in [0.717, 1.165) is 11.3 Å². The minimum atomic E-state index is -0.707. The van der Waals surface area contributed by atoms with Gasteiger partial charge < -0.3 is 14.6 Å². The van der Waals surface area contributed by atoms with Gasteiger partial charge in [0.05, 0.1) is 37.0 Å². The number of nitrogens with zero attached hydrogens (tertiary/aromatic N) is 5. The van der Waals surface area contributed by atoms with Crippen molar-refractivity contribution in [3.8, 4) is 0 Å². The Morgan fingerprint density at radius 1 is 1.06 bits per heavy atom. The Balaban J connectivity index is 1.24. The van der Waals surface area contributed by atoms with Gasteiger partial charge in [-0.25, -0.2) is 9.98 Å². The third-order valence-corrected chi connectivity index (χ3v) is 10.6. The highest BCUT2D eigenvalue weighted by Crippen LogP contribution is 2.37. The Morgan fingerprint density at radius 3 is 2.56 bits per heavy atom. The number of anilines is 2. The molecule has 0 saturated carbocycles. The minimum absolute atomic E-state index is 0.0106. The Labute approximate surface area is 285 Å². The van der Waals surface area contributed by atoms with Crippen molar-refractivity contribution in [1.82, 2.24) is 9.55 Å². The van der Waals surface area contributed by atoms with Crippen LogP contribution < -0.4 is 25.1 Å². The molecule has 0 radical (unpaired) electrons. The normalized spacial score (nSPS) is 14.6. The monoisotopic (exact) mass is 694 g/mol. The van der Waals surface area contributed by atoms with Crippen LogP contribution in [0, 0.1) is 10.1 Å². The maximum absolute atomic E-state index is 14.1. The molecule has 1 atom stereocenters. The maximum Gasteiger partial charge on any atom is 0.271 e. The van der Waals surface area contributed by atoms with Crippen molar-refractivity contribution in [3.63, 3.8) is 0 Å². The van der Waals surface area contributed by atoms with Crippen molar-refractivity contribution in [3.05, 3.63) is 137 Å². The summed E-state index contributed by atoms with van der Waals surface area (Å²) in [5.74, 6) is 0.125. The fraction of sp³-hybridized carbons (Fsp3) is 0.118. The molecule has 4 heterocycles. The number of hydrogen-bond acceptors (Lipinski definition) is 11. The fourth-order valence-corrected chi connectivity index (χ4v) is 8.36. The number of allylic oxidation sites excluding steroid dienone is 1. The van der Waals surface area contributed by atoms with E-state index in [-0.39, 0.29) is 17.2 Å². The van der Waals surface area contributed by atoms with E-state index >= 15 is 0 Å². The second-order valence-corrected chi connectivity index (χ2v) is 14.3. The van der Waals surface area contributed by atoms with Gasteiger partial charge in [-0.05, 0) is 66.7 Å². The van der Waals surface area contributed by atoms with Gasteiger partial charge in [0.25, 0.3) is 17.2 Å². The SMILES string of the molecule is CC1=C(C(=O)Nc2ccccc2)[C@H](c2ccc(N(C)C)cc2)n2c(s/c(=C\c3ccc(Sc4nc5ccc([N+](=O)[O-])cc5s4)o3)c2=O)=N1. The second kappa shape index (κ2) is 12.7. The van der Waals surface area contributed by atoms with Crippen molar-refractivity contribution in [2.75, 3.05) is 24.3 Å². The number of para-hydroxylation sites is 1. The number of fused-ring (bicyclic) bond motifs is 2. The molecule has 7 rings (SSSR count). The molecule has 1 amide bonds. The summed E-state index contributed by atoms with van der Waals surface area (Å²) in [4.78, 5) is 50.4. The Morgan fingerprint density at radius 2 is 1.83 bits per heavy atom. The molecule has 14 heteroatoms. The predicted octanol–water partition coefficient (Wildman–Crippen LogP) is 6.20. The molecule has 6 aromatic rings. The predicted molar refractivity (Wildman–Crippen MR) is 189 cm³/mol. The van der Waals surface area contributed by atoms with Crippen LogP contribution in [-0.4, -0.2) is 34.5 Å². The smallest absolute Gasteiger partial charge is 0.271 e. The summed E-state index contributed by atoms with van der Waals surface area (Å²) in [5, 5.41) is 14.7. The van der Waals surface area contributed by atoms with E-state index in [0.29, 0.717) is 51.7 Å². The number of hydrogen-bond donors (Lipinski definition) is 1. The highest BCUT2D eigenvalue weighted by molar-refractivity contribution is 8.01. The number of aromatic nitrogens is 2. The van der Waals surface area contributed by atoms with Gasteiger partial charge in [-0.15, -0.1) is 11.3 Å². The van der Waals surface area contributed by atoms with Gasteiger partial charge in [-0.2, -0.15) is 0 Å². The number of amides is 1. The van der Waals surface area contributed by atoms with Gasteiger partial charge in [0, 0.05) is 43.7 Å². The van der Waals surface area contributed by atoms with Gasteiger partial charge in [-0.3, -0.25) is 24.3 Å². The highest BCUT2D eigenvalue weighted by atomic mass is 32.2. The molecule has 48 heavy (non-hydrogen) atoms. The lowest BCUT2D eigenvalue weighted by Crippen LogP contribution is -2.40. The average molecular weight is 695 g/mol. The molecule has 11 nitrogen and oxygen atoms in total. The summed E-state index contributed by atoms with van der Waals surface area (Å²) < 4.78 is 9.40. The molecule has 0 saturated heterocycles. The molecule has 1 aliphatic heterocycles. The molecule has 1 N–H and O–H groups in total. The lowest BCUT2D eigenvalue weighted by atomic mass is 9.95. The molecule has 0 aliphatic carbocycles. The van der Waals surface area contributed by atoms with Crippen molar-refractivity contribution < 1.29 is 14.1 Å². The van der Waals surface area contributed by atoms with Crippen LogP contribution in [0.2, 0.25) is 0 Å². The zero-order valence-electron chi connectivity index (χ0n) is 25.7. The van der Waals surface area contributed by atoms with Crippen LogP contribution in [0.4, 0.5) is 17.1 Å². The summed E-state index contributed by atoms with van der Waals surface area (Å²) in [6, 6.07) is 24.4. The number of carbonyl (C=O) groups is 1. The number of benzene rings is 3. The summed E-state index contributed by atoms with van der Waals surface area (Å²) in [6.45, 7) is 1.79. The van der Waals surface area contributed by atoms with Crippen LogP contribution in [-0.2, 0) is 4.79 Å². The van der Waals surface area contributed by atoms with Crippen LogP contribution in [0.25, 0.3) is 16.3 Å². The first kappa shape index (κ1) is 31.3. The molecule has 0 unspecified atom stereocenters. The molecule has 0 spiro atoms. The quantitative estimate of drug-likeness (QED) is 0.147. The van der Waals surface area contributed by atoms with Crippen LogP contribution >= 0.6 is 34.4 Å². The molecule has 3 aromatic heterocycles. The number of thiazole rings is 2. The van der Waals surface area contributed by atoms with E-state index in [4.69, 9.17) is 9.41 Å². The Hall–Kier alpha value is -5.31. The summed E-state index contributed by atoms with van der Waals surface area (Å²) in [7, 11) is 3.90. The summed E-state index contributed by atoms with van der Waals surface area (Å²) in [5.41, 5.74) is 3.69.